The zero-order valence-corrected chi connectivity index (χ0v) is 13.5. The summed E-state index contributed by atoms with van der Waals surface area (Å²) in [4.78, 5) is 21.7. The predicted octanol–water partition coefficient (Wildman–Crippen LogP) is 2.92. The minimum Gasteiger partial charge on any atom is -0.376 e. The Balaban J connectivity index is 1.79. The number of hydrazone groups is 1. The molecule has 0 aliphatic rings. The second-order valence-corrected chi connectivity index (χ2v) is 5.42. The fourth-order valence-corrected chi connectivity index (χ4v) is 1.91. The van der Waals surface area contributed by atoms with E-state index in [2.05, 4.69) is 31.8 Å². The van der Waals surface area contributed by atoms with Crippen LogP contribution in [0.5, 0.6) is 0 Å². The fraction of sp³-hybridized carbons (Fsp3) is 0.0667. The van der Waals surface area contributed by atoms with Crippen molar-refractivity contribution in [3.63, 3.8) is 0 Å². The largest absolute Gasteiger partial charge is 0.376 e. The number of nitrogens with zero attached hydrogens (tertiary/aromatic N) is 2. The van der Waals surface area contributed by atoms with Crippen molar-refractivity contribution in [1.29, 1.82) is 0 Å². The Bertz CT molecular complexity index is 715. The van der Waals surface area contributed by atoms with Crippen molar-refractivity contribution in [2.24, 2.45) is 5.10 Å². The summed E-state index contributed by atoms with van der Waals surface area (Å²) in [5, 5.41) is 17.3. The van der Waals surface area contributed by atoms with Gasteiger partial charge < -0.3 is 5.32 Å². The number of rotatable bonds is 6. The summed E-state index contributed by atoms with van der Waals surface area (Å²) >= 11 is 3.33. The van der Waals surface area contributed by atoms with Crippen LogP contribution < -0.4 is 10.7 Å². The Hall–Kier alpha value is -2.74. The Morgan fingerprint density at radius 3 is 2.43 bits per heavy atom. The minimum atomic E-state index is -0.476. The molecule has 2 N–H and O–H groups in total. The lowest BCUT2D eigenvalue weighted by molar-refractivity contribution is -0.384. The van der Waals surface area contributed by atoms with E-state index in [0.29, 0.717) is 5.56 Å². The van der Waals surface area contributed by atoms with E-state index in [1.54, 1.807) is 12.1 Å². The van der Waals surface area contributed by atoms with Gasteiger partial charge in [-0.05, 0) is 42.0 Å². The third-order valence-electron chi connectivity index (χ3n) is 2.80. The van der Waals surface area contributed by atoms with Crippen LogP contribution in [0.1, 0.15) is 5.56 Å². The van der Waals surface area contributed by atoms with Gasteiger partial charge in [0.25, 0.3) is 11.6 Å². The molecular weight excluding hydrogens is 364 g/mol. The van der Waals surface area contributed by atoms with Crippen LogP contribution in [0.3, 0.4) is 0 Å². The molecule has 0 saturated carbocycles. The molecule has 0 aliphatic heterocycles. The molecule has 0 bridgehead atoms. The summed E-state index contributed by atoms with van der Waals surface area (Å²) in [6.45, 7) is 0.0826. The van der Waals surface area contributed by atoms with Gasteiger partial charge in [-0.25, -0.2) is 5.43 Å². The summed E-state index contributed by atoms with van der Waals surface area (Å²) < 4.78 is 0.959. The third kappa shape index (κ3) is 5.51. The number of hydrogen-bond donors (Lipinski definition) is 2. The molecule has 0 radical (unpaired) electrons. The maximum Gasteiger partial charge on any atom is 0.269 e. The molecule has 0 saturated heterocycles. The number of nitro groups is 1. The van der Waals surface area contributed by atoms with Crippen LogP contribution in [0.15, 0.2) is 58.1 Å². The number of hydrogen-bond acceptors (Lipinski definition) is 5. The van der Waals surface area contributed by atoms with E-state index in [1.807, 2.05) is 24.3 Å². The lowest BCUT2D eigenvalue weighted by Crippen LogP contribution is -2.25. The van der Waals surface area contributed by atoms with Gasteiger partial charge in [0.1, 0.15) is 0 Å². The summed E-state index contributed by atoms with van der Waals surface area (Å²) in [7, 11) is 0. The van der Waals surface area contributed by atoms with Crippen molar-refractivity contribution in [1.82, 2.24) is 5.43 Å². The van der Waals surface area contributed by atoms with Crippen molar-refractivity contribution in [2.45, 2.75) is 0 Å². The molecule has 118 valence electrons. The Morgan fingerprint density at radius 1 is 1.17 bits per heavy atom. The predicted molar refractivity (Wildman–Crippen MR) is 91.5 cm³/mol. The molecule has 0 fully saturated rings. The Labute approximate surface area is 140 Å². The van der Waals surface area contributed by atoms with E-state index in [-0.39, 0.29) is 18.1 Å². The number of amides is 1. The van der Waals surface area contributed by atoms with Crippen molar-refractivity contribution >= 4 is 39.4 Å². The molecule has 0 unspecified atom stereocenters. The lowest BCUT2D eigenvalue weighted by Gasteiger charge is -2.05. The second kappa shape index (κ2) is 8.04. The Morgan fingerprint density at radius 2 is 1.83 bits per heavy atom. The van der Waals surface area contributed by atoms with Crippen molar-refractivity contribution < 1.29 is 9.72 Å². The molecule has 0 aliphatic carbocycles. The van der Waals surface area contributed by atoms with E-state index in [9.17, 15) is 14.9 Å². The number of nitro benzene ring substituents is 1. The van der Waals surface area contributed by atoms with Gasteiger partial charge in [0.15, 0.2) is 0 Å². The molecule has 1 amide bonds. The van der Waals surface area contributed by atoms with Gasteiger partial charge >= 0.3 is 0 Å². The van der Waals surface area contributed by atoms with Gasteiger partial charge in [-0.2, -0.15) is 5.10 Å². The summed E-state index contributed by atoms with van der Waals surface area (Å²) in [6, 6.07) is 13.3. The molecule has 23 heavy (non-hydrogen) atoms. The Kier molecular flexibility index (Phi) is 5.81. The molecule has 0 aromatic heterocycles. The molecule has 0 spiro atoms. The van der Waals surface area contributed by atoms with Crippen LogP contribution in [-0.4, -0.2) is 23.6 Å². The van der Waals surface area contributed by atoms with Crippen LogP contribution in [-0.2, 0) is 4.79 Å². The molecule has 2 aromatic rings. The summed E-state index contributed by atoms with van der Waals surface area (Å²) in [5.74, 6) is -0.300. The normalized spacial score (nSPS) is 10.5. The van der Waals surface area contributed by atoms with E-state index in [4.69, 9.17) is 0 Å². The first kappa shape index (κ1) is 16.6. The number of carbonyl (C=O) groups is 1. The smallest absolute Gasteiger partial charge is 0.269 e. The van der Waals surface area contributed by atoms with Gasteiger partial charge in [-0.1, -0.05) is 15.9 Å². The highest BCUT2D eigenvalue weighted by Gasteiger charge is 2.03. The monoisotopic (exact) mass is 376 g/mol. The minimum absolute atomic E-state index is 0.00452. The quantitative estimate of drug-likeness (QED) is 0.460. The maximum absolute atomic E-state index is 11.6. The first-order valence-corrected chi connectivity index (χ1v) is 7.40. The number of carbonyl (C=O) groups excluding carboxylic acids is 1. The zero-order chi connectivity index (χ0) is 16.7. The van der Waals surface area contributed by atoms with E-state index in [1.165, 1.54) is 18.3 Å². The van der Waals surface area contributed by atoms with Crippen molar-refractivity contribution in [3.05, 3.63) is 68.7 Å². The first-order chi connectivity index (χ1) is 11.0. The number of anilines is 1. The lowest BCUT2D eigenvalue weighted by atomic mass is 10.2. The van der Waals surface area contributed by atoms with E-state index < -0.39 is 4.92 Å². The number of halogens is 1. The molecule has 2 rings (SSSR count). The van der Waals surface area contributed by atoms with Crippen LogP contribution >= 0.6 is 15.9 Å². The van der Waals surface area contributed by atoms with Crippen molar-refractivity contribution in [3.8, 4) is 0 Å². The van der Waals surface area contributed by atoms with Crippen LogP contribution in [0.25, 0.3) is 0 Å². The van der Waals surface area contributed by atoms with E-state index in [0.717, 1.165) is 10.2 Å². The van der Waals surface area contributed by atoms with Gasteiger partial charge in [-0.3, -0.25) is 14.9 Å². The molecule has 8 heteroatoms. The van der Waals surface area contributed by atoms with Gasteiger partial charge in [0.05, 0.1) is 17.7 Å². The molecule has 2 aromatic carbocycles. The maximum atomic E-state index is 11.6. The average molecular weight is 377 g/mol. The molecule has 0 heterocycles. The first-order valence-electron chi connectivity index (χ1n) is 6.60. The highest BCUT2D eigenvalue weighted by molar-refractivity contribution is 9.10. The van der Waals surface area contributed by atoms with Crippen LogP contribution in [0.2, 0.25) is 0 Å². The standard InChI is InChI=1S/C15H13BrN4O3/c16-12-3-5-13(6-4-12)17-10-15(21)19-18-9-11-1-7-14(8-2-11)20(22)23/h1-9,17H,10H2,(H,19,21)/b18-9+. The molecular formula is C15H13BrN4O3. The van der Waals surface area contributed by atoms with Gasteiger partial charge in [0, 0.05) is 22.3 Å². The summed E-state index contributed by atoms with van der Waals surface area (Å²) in [6.07, 6.45) is 1.42. The van der Waals surface area contributed by atoms with Crippen LogP contribution in [0.4, 0.5) is 11.4 Å². The topological polar surface area (TPSA) is 96.6 Å². The average Bonchev–Trinajstić information content (AvgIpc) is 2.55. The zero-order valence-electron chi connectivity index (χ0n) is 11.9. The summed E-state index contributed by atoms with van der Waals surface area (Å²) in [5.41, 5.74) is 3.85. The number of benzene rings is 2. The number of non-ortho nitro benzene ring substituents is 1. The van der Waals surface area contributed by atoms with Gasteiger partial charge in [-0.15, -0.1) is 0 Å². The van der Waals surface area contributed by atoms with Gasteiger partial charge in [0.2, 0.25) is 0 Å². The van der Waals surface area contributed by atoms with E-state index >= 15 is 0 Å². The molecule has 0 atom stereocenters. The third-order valence-corrected chi connectivity index (χ3v) is 3.33. The van der Waals surface area contributed by atoms with Crippen LogP contribution in [0, 0.1) is 10.1 Å². The van der Waals surface area contributed by atoms with Crippen molar-refractivity contribution in [2.75, 3.05) is 11.9 Å². The fourth-order valence-electron chi connectivity index (χ4n) is 1.65. The highest BCUT2D eigenvalue weighted by Crippen LogP contribution is 2.13. The second-order valence-electron chi connectivity index (χ2n) is 4.50. The molecule has 7 nitrogen and oxygen atoms in total. The number of nitrogens with one attached hydrogen (secondary N) is 2. The highest BCUT2D eigenvalue weighted by atomic mass is 79.9. The SMILES string of the molecule is O=C(CNc1ccc(Br)cc1)N/N=C/c1ccc([N+](=O)[O-])cc1.